The van der Waals surface area contributed by atoms with Gasteiger partial charge in [0.05, 0.1) is 5.75 Å². The third-order valence-corrected chi connectivity index (χ3v) is 4.11. The number of aryl methyl sites for hydroxylation is 2. The summed E-state index contributed by atoms with van der Waals surface area (Å²) in [7, 11) is 0. The van der Waals surface area contributed by atoms with E-state index in [0.717, 1.165) is 36.2 Å². The Morgan fingerprint density at radius 1 is 1.30 bits per heavy atom. The Balaban J connectivity index is 1.91. The number of thioether (sulfide) groups is 1. The molecule has 1 aromatic carbocycles. The molecule has 0 saturated heterocycles. The van der Waals surface area contributed by atoms with Gasteiger partial charge in [-0.05, 0) is 31.9 Å². The average Bonchev–Trinajstić information content (AvgIpc) is 2.53. The van der Waals surface area contributed by atoms with E-state index in [9.17, 15) is 9.59 Å². The molecule has 2 aromatic rings. The van der Waals surface area contributed by atoms with Gasteiger partial charge in [0, 0.05) is 17.4 Å². The predicted molar refractivity (Wildman–Crippen MR) is 94.0 cm³/mol. The lowest BCUT2D eigenvalue weighted by molar-refractivity contribution is -0.113. The van der Waals surface area contributed by atoms with Crippen LogP contribution in [0.1, 0.15) is 31.0 Å². The van der Waals surface area contributed by atoms with E-state index in [4.69, 9.17) is 0 Å². The van der Waals surface area contributed by atoms with Gasteiger partial charge < -0.3 is 10.3 Å². The molecule has 0 aliphatic heterocycles. The number of nitrogens with one attached hydrogen (secondary N) is 2. The summed E-state index contributed by atoms with van der Waals surface area (Å²) >= 11 is 1.23. The van der Waals surface area contributed by atoms with Crippen LogP contribution in [0.5, 0.6) is 0 Å². The first-order valence-electron chi connectivity index (χ1n) is 7.66. The van der Waals surface area contributed by atoms with Crippen molar-refractivity contribution in [3.63, 3.8) is 0 Å². The Kier molecular flexibility index (Phi) is 6.40. The second-order valence-corrected chi connectivity index (χ2v) is 6.31. The number of hydrogen-bond donors (Lipinski definition) is 2. The van der Waals surface area contributed by atoms with Crippen LogP contribution in [0.3, 0.4) is 0 Å². The third kappa shape index (κ3) is 5.90. The van der Waals surface area contributed by atoms with Crippen LogP contribution in [-0.4, -0.2) is 21.6 Å². The summed E-state index contributed by atoms with van der Waals surface area (Å²) in [5.41, 5.74) is 2.51. The number of rotatable bonds is 7. The van der Waals surface area contributed by atoms with Crippen molar-refractivity contribution in [2.75, 3.05) is 11.1 Å². The van der Waals surface area contributed by atoms with E-state index in [1.165, 1.54) is 17.8 Å². The summed E-state index contributed by atoms with van der Waals surface area (Å²) in [6.07, 6.45) is 2.83. The number of nitrogens with zero attached hydrogens (tertiary/aromatic N) is 1. The van der Waals surface area contributed by atoms with Gasteiger partial charge in [-0.25, -0.2) is 4.98 Å². The largest absolute Gasteiger partial charge is 0.325 e. The van der Waals surface area contributed by atoms with Gasteiger partial charge in [0.1, 0.15) is 0 Å². The molecular formula is C17H21N3O2S. The molecule has 0 radical (unpaired) electrons. The van der Waals surface area contributed by atoms with Crippen molar-refractivity contribution in [1.29, 1.82) is 0 Å². The van der Waals surface area contributed by atoms with Gasteiger partial charge in [0.25, 0.3) is 5.56 Å². The van der Waals surface area contributed by atoms with Crippen molar-refractivity contribution < 1.29 is 4.79 Å². The molecule has 1 heterocycles. The first kappa shape index (κ1) is 17.3. The normalized spacial score (nSPS) is 10.5. The molecule has 0 spiro atoms. The zero-order valence-electron chi connectivity index (χ0n) is 13.4. The molecule has 0 fully saturated rings. The fraction of sp³-hybridized carbons (Fsp3) is 0.353. The number of anilines is 1. The zero-order chi connectivity index (χ0) is 16.7. The van der Waals surface area contributed by atoms with Crippen molar-refractivity contribution in [3.8, 4) is 0 Å². The van der Waals surface area contributed by atoms with Crippen LogP contribution in [0.2, 0.25) is 0 Å². The number of carbonyl (C=O) groups excluding carboxylic acids is 1. The molecule has 23 heavy (non-hydrogen) atoms. The minimum absolute atomic E-state index is 0.125. The monoisotopic (exact) mass is 331 g/mol. The van der Waals surface area contributed by atoms with Gasteiger partial charge >= 0.3 is 0 Å². The van der Waals surface area contributed by atoms with Crippen LogP contribution in [0.4, 0.5) is 5.69 Å². The highest BCUT2D eigenvalue weighted by Gasteiger charge is 2.07. The van der Waals surface area contributed by atoms with Crippen molar-refractivity contribution >= 4 is 23.4 Å². The Bertz CT molecular complexity index is 711. The fourth-order valence-corrected chi connectivity index (χ4v) is 2.70. The molecule has 1 aromatic heterocycles. The molecule has 0 saturated carbocycles. The van der Waals surface area contributed by atoms with Crippen molar-refractivity contribution in [2.45, 2.75) is 38.3 Å². The molecule has 5 nitrogen and oxygen atoms in total. The molecule has 0 bridgehead atoms. The van der Waals surface area contributed by atoms with E-state index < -0.39 is 0 Å². The molecule has 0 atom stereocenters. The van der Waals surface area contributed by atoms with Crippen molar-refractivity contribution in [2.24, 2.45) is 0 Å². The van der Waals surface area contributed by atoms with E-state index in [0.29, 0.717) is 5.16 Å². The number of benzene rings is 1. The van der Waals surface area contributed by atoms with Gasteiger partial charge in [-0.15, -0.1) is 0 Å². The molecule has 0 unspecified atom stereocenters. The predicted octanol–water partition coefficient (Wildman–Crippen LogP) is 3.15. The van der Waals surface area contributed by atoms with Crippen LogP contribution in [-0.2, 0) is 11.2 Å². The first-order valence-corrected chi connectivity index (χ1v) is 8.65. The maximum Gasteiger partial charge on any atom is 0.251 e. The highest BCUT2D eigenvalue weighted by Crippen LogP contribution is 2.14. The maximum absolute atomic E-state index is 12.0. The quantitative estimate of drug-likeness (QED) is 0.604. The minimum atomic E-state index is -0.174. The van der Waals surface area contributed by atoms with E-state index in [-0.39, 0.29) is 17.2 Å². The number of H-pyrrole nitrogens is 1. The number of hydrogen-bond acceptors (Lipinski definition) is 4. The third-order valence-electron chi connectivity index (χ3n) is 3.23. The SMILES string of the molecule is CCCCc1cc(=O)[nH]c(SCC(=O)Nc2ccc(C)cc2)n1. The standard InChI is InChI=1S/C17H21N3O2S/c1-3-4-5-14-10-15(21)20-17(19-14)23-11-16(22)18-13-8-6-12(2)7-9-13/h6-10H,3-5,11H2,1-2H3,(H,18,22)(H,19,20,21). The van der Waals surface area contributed by atoms with Crippen LogP contribution in [0.25, 0.3) is 0 Å². The van der Waals surface area contributed by atoms with Gasteiger partial charge in [-0.1, -0.05) is 42.8 Å². The van der Waals surface area contributed by atoms with Crippen LogP contribution in [0, 0.1) is 6.92 Å². The zero-order valence-corrected chi connectivity index (χ0v) is 14.2. The van der Waals surface area contributed by atoms with Crippen LogP contribution >= 0.6 is 11.8 Å². The lowest BCUT2D eigenvalue weighted by Crippen LogP contribution is -2.15. The van der Waals surface area contributed by atoms with Crippen LogP contribution in [0.15, 0.2) is 40.3 Å². The van der Waals surface area contributed by atoms with Gasteiger partial charge in [-0.2, -0.15) is 0 Å². The van der Waals surface area contributed by atoms with E-state index >= 15 is 0 Å². The topological polar surface area (TPSA) is 74.8 Å². The van der Waals surface area contributed by atoms with Crippen molar-refractivity contribution in [3.05, 3.63) is 51.9 Å². The minimum Gasteiger partial charge on any atom is -0.325 e. The summed E-state index contributed by atoms with van der Waals surface area (Å²) in [4.78, 5) is 30.6. The molecule has 0 aliphatic rings. The lowest BCUT2D eigenvalue weighted by atomic mass is 10.2. The average molecular weight is 331 g/mol. The molecule has 2 N–H and O–H groups in total. The van der Waals surface area contributed by atoms with E-state index in [1.807, 2.05) is 31.2 Å². The van der Waals surface area contributed by atoms with Gasteiger partial charge in [0.2, 0.25) is 5.91 Å². The molecule has 1 amide bonds. The molecule has 6 heteroatoms. The second-order valence-electron chi connectivity index (χ2n) is 5.35. The summed E-state index contributed by atoms with van der Waals surface area (Å²) in [5, 5.41) is 3.31. The van der Waals surface area contributed by atoms with Crippen molar-refractivity contribution in [1.82, 2.24) is 9.97 Å². The number of carbonyl (C=O) groups is 1. The highest BCUT2D eigenvalue weighted by molar-refractivity contribution is 7.99. The second kappa shape index (κ2) is 8.53. The summed E-state index contributed by atoms with van der Waals surface area (Å²) < 4.78 is 0. The number of aromatic amines is 1. The molecular weight excluding hydrogens is 310 g/mol. The Morgan fingerprint density at radius 2 is 2.04 bits per heavy atom. The Hall–Kier alpha value is -2.08. The van der Waals surface area contributed by atoms with E-state index in [2.05, 4.69) is 22.2 Å². The lowest BCUT2D eigenvalue weighted by Gasteiger charge is -2.06. The first-order chi connectivity index (χ1) is 11.1. The number of unbranched alkanes of at least 4 members (excludes halogenated alkanes) is 1. The Morgan fingerprint density at radius 3 is 2.74 bits per heavy atom. The maximum atomic E-state index is 12.0. The molecule has 122 valence electrons. The molecule has 0 aliphatic carbocycles. The molecule has 2 rings (SSSR count). The summed E-state index contributed by atoms with van der Waals surface area (Å²) in [5.74, 6) is 0.0779. The summed E-state index contributed by atoms with van der Waals surface area (Å²) in [6, 6.07) is 9.14. The number of amides is 1. The smallest absolute Gasteiger partial charge is 0.251 e. The van der Waals surface area contributed by atoms with Gasteiger partial charge in [-0.3, -0.25) is 9.59 Å². The number of aromatic nitrogens is 2. The highest BCUT2D eigenvalue weighted by atomic mass is 32.2. The summed E-state index contributed by atoms with van der Waals surface area (Å²) in [6.45, 7) is 4.09. The van der Waals surface area contributed by atoms with Gasteiger partial charge in [0.15, 0.2) is 5.16 Å². The van der Waals surface area contributed by atoms with Crippen LogP contribution < -0.4 is 10.9 Å². The van der Waals surface area contributed by atoms with E-state index in [1.54, 1.807) is 0 Å². The Labute approximate surface area is 139 Å². The fourth-order valence-electron chi connectivity index (χ4n) is 2.01.